The molecule has 3 atom stereocenters. The van der Waals surface area contributed by atoms with E-state index in [-0.39, 0.29) is 41.3 Å². The van der Waals surface area contributed by atoms with Crippen molar-refractivity contribution in [1.29, 1.82) is 0 Å². The fourth-order valence-corrected chi connectivity index (χ4v) is 10.8. The Balaban J connectivity index is 0.705. The molecule has 3 saturated heterocycles. The van der Waals surface area contributed by atoms with Crippen LogP contribution in [0.1, 0.15) is 111 Å². The van der Waals surface area contributed by atoms with Gasteiger partial charge in [0.2, 0.25) is 11.8 Å². The first-order valence-corrected chi connectivity index (χ1v) is 22.2. The van der Waals surface area contributed by atoms with Crippen molar-refractivity contribution in [2.24, 2.45) is 18.9 Å². The number of ether oxygens (including phenoxy) is 1. The molecule has 328 valence electrons. The van der Waals surface area contributed by atoms with Crippen LogP contribution in [-0.4, -0.2) is 108 Å². The summed E-state index contributed by atoms with van der Waals surface area (Å²) >= 11 is 0. The highest BCUT2D eigenvalue weighted by molar-refractivity contribution is 6.08. The van der Waals surface area contributed by atoms with Gasteiger partial charge >= 0.3 is 0 Å². The summed E-state index contributed by atoms with van der Waals surface area (Å²) in [5.41, 5.74) is 2.84. The summed E-state index contributed by atoms with van der Waals surface area (Å²) in [6.45, 7) is 3.26. The van der Waals surface area contributed by atoms with Crippen molar-refractivity contribution in [3.8, 4) is 0 Å². The molecule has 0 radical (unpaired) electrons. The maximum Gasteiger partial charge on any atom is 0.284 e. The molecule has 3 N–H and O–H groups in total. The van der Waals surface area contributed by atoms with Gasteiger partial charge < -0.3 is 25.2 Å². The number of nitrogens with one attached hydrogen (secondary N) is 3. The van der Waals surface area contributed by atoms with Gasteiger partial charge in [0.1, 0.15) is 11.4 Å². The fraction of sp³-hybridized carbons (Fsp3) is 0.568. The van der Waals surface area contributed by atoms with Gasteiger partial charge in [-0.1, -0.05) is 12.1 Å². The molecule has 16 nitrogen and oxygen atoms in total. The van der Waals surface area contributed by atoms with Crippen LogP contribution in [0.5, 0.6) is 0 Å². The van der Waals surface area contributed by atoms with Gasteiger partial charge in [0.05, 0.1) is 59.5 Å². The number of fused-ring (bicyclic) bond motifs is 4. The van der Waals surface area contributed by atoms with Crippen molar-refractivity contribution in [2.75, 3.05) is 48.8 Å². The second-order valence-electron chi connectivity index (χ2n) is 18.2. The highest BCUT2D eigenvalue weighted by atomic mass is 19.3. The quantitative estimate of drug-likeness (QED) is 0.129. The molecule has 7 heterocycles. The number of benzene rings is 1. The standard InChI is InChI=1S/C44H54F2N12O4/c1-54(27-10-6-25(7-11-27)19-47-34-5-3-4-31-38(52-55(2)40(31)34)32-14-15-37(59)51-43(32)60)21-26-8-12-28(13-9-26)58-23-35(39(53-58)41(45)46)49-44(61)33-20-48-57-17-16-36(50-42(33)57)56-22-30-18-29(56)24-62-30/h3-5,16-17,20,23,25-30,32,41,47H,6-15,18-19,21-22,24H2,1-2H3,(H,49,61)(H,51,59,60)/t25?,26?,27?,28?,29-,30-,32?/m1/s1. The van der Waals surface area contributed by atoms with Crippen molar-refractivity contribution >= 4 is 51.5 Å². The molecular weight excluding hydrogens is 799 g/mol. The summed E-state index contributed by atoms with van der Waals surface area (Å²) in [4.78, 5) is 47.4. The Labute approximate surface area is 357 Å². The van der Waals surface area contributed by atoms with Crippen LogP contribution in [0.15, 0.2) is 42.9 Å². The summed E-state index contributed by atoms with van der Waals surface area (Å²) in [5, 5.41) is 23.2. The molecule has 2 saturated carbocycles. The lowest BCUT2D eigenvalue weighted by Crippen LogP contribution is -2.39. The van der Waals surface area contributed by atoms with Gasteiger partial charge in [-0.05, 0) is 95.2 Å². The van der Waals surface area contributed by atoms with Gasteiger partial charge in [-0.3, -0.25) is 29.1 Å². The summed E-state index contributed by atoms with van der Waals surface area (Å²) < 4.78 is 39.4. The van der Waals surface area contributed by atoms with Crippen molar-refractivity contribution in [1.82, 2.24) is 44.4 Å². The zero-order valence-electron chi connectivity index (χ0n) is 35.2. The normalized spacial score (nSPS) is 26.6. The molecular formula is C44H54F2N12O4. The lowest BCUT2D eigenvalue weighted by molar-refractivity contribution is -0.134. The first-order valence-electron chi connectivity index (χ1n) is 22.2. The van der Waals surface area contributed by atoms with E-state index in [4.69, 9.17) is 14.8 Å². The number of rotatable bonds is 12. The average molecular weight is 853 g/mol. The number of amides is 3. The third-order valence-electron chi connectivity index (χ3n) is 14.2. The maximum atomic E-state index is 14.3. The number of hydrogen-bond donors (Lipinski definition) is 3. The van der Waals surface area contributed by atoms with E-state index in [1.165, 1.54) is 10.7 Å². The number of aryl methyl sites for hydroxylation is 1. The first kappa shape index (κ1) is 40.6. The van der Waals surface area contributed by atoms with Gasteiger partial charge in [0, 0.05) is 56.9 Å². The molecule has 3 aliphatic heterocycles. The van der Waals surface area contributed by atoms with Crippen LogP contribution in [-0.2, 0) is 21.4 Å². The smallest absolute Gasteiger partial charge is 0.284 e. The molecule has 5 aliphatic rings. The van der Waals surface area contributed by atoms with E-state index in [0.717, 1.165) is 106 Å². The molecule has 3 amide bonds. The Morgan fingerprint density at radius 3 is 2.55 bits per heavy atom. The molecule has 5 aromatic rings. The molecule has 4 aromatic heterocycles. The topological polar surface area (TPSA) is 169 Å². The second kappa shape index (κ2) is 16.7. The van der Waals surface area contributed by atoms with E-state index in [1.807, 2.05) is 29.9 Å². The van der Waals surface area contributed by atoms with E-state index in [0.29, 0.717) is 43.0 Å². The number of imide groups is 1. The molecule has 2 aliphatic carbocycles. The van der Waals surface area contributed by atoms with Crippen LogP contribution in [0.3, 0.4) is 0 Å². The monoisotopic (exact) mass is 852 g/mol. The minimum Gasteiger partial charge on any atom is -0.383 e. The first-order chi connectivity index (χ1) is 30.1. The summed E-state index contributed by atoms with van der Waals surface area (Å²) in [5.74, 6) is 0.303. The molecule has 18 heteroatoms. The number of halogens is 2. The van der Waals surface area contributed by atoms with Crippen molar-refractivity contribution < 1.29 is 27.9 Å². The predicted molar refractivity (Wildman–Crippen MR) is 227 cm³/mol. The second-order valence-corrected chi connectivity index (χ2v) is 18.2. The number of piperidine rings is 1. The number of anilines is 3. The van der Waals surface area contributed by atoms with E-state index in [2.05, 4.69) is 49.1 Å². The molecule has 0 spiro atoms. The summed E-state index contributed by atoms with van der Waals surface area (Å²) in [6, 6.07) is 8.69. The lowest BCUT2D eigenvalue weighted by Gasteiger charge is -2.38. The minimum absolute atomic E-state index is 0.00936. The Kier molecular flexibility index (Phi) is 10.9. The highest BCUT2D eigenvalue weighted by Gasteiger charge is 2.40. The van der Waals surface area contributed by atoms with Gasteiger partial charge in [-0.25, -0.2) is 18.3 Å². The van der Waals surface area contributed by atoms with Gasteiger partial charge in [0.25, 0.3) is 12.3 Å². The van der Waals surface area contributed by atoms with Gasteiger partial charge in [-0.2, -0.15) is 15.3 Å². The van der Waals surface area contributed by atoms with Crippen molar-refractivity contribution in [2.45, 2.75) is 107 Å². The maximum absolute atomic E-state index is 14.3. The number of alkyl halides is 2. The molecule has 1 unspecified atom stereocenters. The van der Waals surface area contributed by atoms with E-state index < -0.39 is 23.9 Å². The lowest BCUT2D eigenvalue weighted by atomic mass is 9.83. The minimum atomic E-state index is -2.85. The third-order valence-corrected chi connectivity index (χ3v) is 14.2. The number of carbonyl (C=O) groups excluding carboxylic acids is 3. The van der Waals surface area contributed by atoms with Crippen LogP contribution in [0.2, 0.25) is 0 Å². The number of carbonyl (C=O) groups is 3. The predicted octanol–water partition coefficient (Wildman–Crippen LogP) is 5.83. The fourth-order valence-electron chi connectivity index (χ4n) is 10.8. The van der Waals surface area contributed by atoms with Crippen LogP contribution < -0.4 is 20.9 Å². The molecule has 10 rings (SSSR count). The summed E-state index contributed by atoms with van der Waals surface area (Å²) in [7, 11) is 4.14. The average Bonchev–Trinajstić information content (AvgIpc) is 4.13. The Morgan fingerprint density at radius 2 is 1.81 bits per heavy atom. The molecule has 62 heavy (non-hydrogen) atoms. The van der Waals surface area contributed by atoms with Crippen LogP contribution in [0.4, 0.5) is 26.0 Å². The van der Waals surface area contributed by atoms with Crippen LogP contribution in [0.25, 0.3) is 16.6 Å². The number of aromatic nitrogens is 7. The van der Waals surface area contributed by atoms with Gasteiger partial charge in [0.15, 0.2) is 11.3 Å². The third kappa shape index (κ3) is 7.79. The number of hydrogen-bond acceptors (Lipinski definition) is 11. The summed E-state index contributed by atoms with van der Waals surface area (Å²) in [6.07, 6.45) is 12.0. The van der Waals surface area contributed by atoms with Crippen LogP contribution >= 0.6 is 0 Å². The molecule has 2 bridgehead atoms. The molecule has 1 aromatic carbocycles. The van der Waals surface area contributed by atoms with E-state index in [1.54, 1.807) is 17.1 Å². The number of nitrogens with zero attached hydrogens (tertiary/aromatic N) is 9. The van der Waals surface area contributed by atoms with Crippen LogP contribution in [0, 0.1) is 11.8 Å². The largest absolute Gasteiger partial charge is 0.383 e. The van der Waals surface area contributed by atoms with E-state index >= 15 is 0 Å². The Hall–Kier alpha value is -5.49. The van der Waals surface area contributed by atoms with Crippen molar-refractivity contribution in [3.05, 3.63) is 59.8 Å². The van der Waals surface area contributed by atoms with Gasteiger partial charge in [-0.15, -0.1) is 0 Å². The van der Waals surface area contributed by atoms with E-state index in [9.17, 15) is 23.2 Å². The highest BCUT2D eigenvalue weighted by Crippen LogP contribution is 2.38. The number of morpholine rings is 1. The SMILES string of the molecule is CN(CC1CCC(n2cc(NC(=O)c3cnn4ccc(N5C[C@H]6C[C@@H]5CO6)nc34)c(C(F)F)n2)CC1)C1CCC(CNc2cccc3c(C4CCC(=O)NC4=O)nn(C)c23)CC1. The Morgan fingerprint density at radius 1 is 1.00 bits per heavy atom. The molecule has 5 fully saturated rings. The Bertz CT molecular complexity index is 2480. The zero-order chi connectivity index (χ0) is 42.6. The van der Waals surface area contributed by atoms with Crippen molar-refractivity contribution in [3.63, 3.8) is 0 Å². The number of para-hydroxylation sites is 1. The zero-order valence-corrected chi connectivity index (χ0v) is 35.2.